The first-order valence-electron chi connectivity index (χ1n) is 21.5. The molecule has 0 radical (unpaired) electrons. The number of nitrogens with one attached hydrogen (secondary N) is 4. The van der Waals surface area contributed by atoms with Crippen molar-refractivity contribution in [3.63, 3.8) is 0 Å². The van der Waals surface area contributed by atoms with Gasteiger partial charge in [-0.15, -0.1) is 0 Å². The topological polar surface area (TPSA) is 458 Å². The van der Waals surface area contributed by atoms with Crippen molar-refractivity contribution in [1.82, 2.24) is 40.9 Å². The van der Waals surface area contributed by atoms with Crippen molar-refractivity contribution in [3.8, 4) is 0 Å². The fraction of sp³-hybridized carbons (Fsp3) is 0.585. The van der Waals surface area contributed by atoms with Gasteiger partial charge >= 0.3 is 23.9 Å². The molecule has 0 aromatic heterocycles. The lowest BCUT2D eigenvalue weighted by molar-refractivity contribution is -0.146. The molecule has 30 heteroatoms. The number of carboxylic acids is 4. The summed E-state index contributed by atoms with van der Waals surface area (Å²) in [6, 6.07) is 0. The number of hydrogen-bond donors (Lipinski definition) is 9. The maximum absolute atomic E-state index is 12.8. The van der Waals surface area contributed by atoms with Crippen molar-refractivity contribution < 1.29 is 102 Å². The summed E-state index contributed by atoms with van der Waals surface area (Å²) in [4.78, 5) is 207. The van der Waals surface area contributed by atoms with Crippen LogP contribution in [0, 0.1) is 0 Å². The van der Waals surface area contributed by atoms with Crippen LogP contribution in [0.2, 0.25) is 0 Å². The lowest BCUT2D eigenvalue weighted by Crippen LogP contribution is -2.47. The van der Waals surface area contributed by atoms with E-state index >= 15 is 0 Å². The summed E-state index contributed by atoms with van der Waals surface area (Å²) in [5.41, 5.74) is 5.18. The van der Waals surface area contributed by atoms with Crippen LogP contribution in [0.5, 0.6) is 0 Å². The van der Waals surface area contributed by atoms with Crippen LogP contribution in [0.25, 0.3) is 0 Å². The molecule has 8 amide bonds. The van der Waals surface area contributed by atoms with Gasteiger partial charge in [-0.25, -0.2) is 0 Å². The number of amides is 8. The molecule has 0 rings (SSSR count). The summed E-state index contributed by atoms with van der Waals surface area (Å²) in [6.07, 6.45) is -3.58. The molecular weight excluding hydrogens is 954 g/mol. The van der Waals surface area contributed by atoms with Gasteiger partial charge < -0.3 is 71.8 Å². The molecular formula is C41H59N9O21. The third-order valence-electron chi connectivity index (χ3n) is 9.23. The Labute approximate surface area is 404 Å². The lowest BCUT2D eigenvalue weighted by atomic mass is 10.1. The van der Waals surface area contributed by atoms with E-state index in [0.717, 1.165) is 0 Å². The Hall–Kier alpha value is -8.05. The number of nitrogens with two attached hydrogens (primary N) is 1. The summed E-state index contributed by atoms with van der Waals surface area (Å²) in [5.74, 6) is -16.1. The van der Waals surface area contributed by atoms with E-state index in [1.807, 2.05) is 0 Å². The predicted molar refractivity (Wildman–Crippen MR) is 235 cm³/mol. The fourth-order valence-electron chi connectivity index (χ4n) is 5.63. The van der Waals surface area contributed by atoms with E-state index in [-0.39, 0.29) is 51.0 Å². The number of rotatable bonds is 39. The van der Waals surface area contributed by atoms with Gasteiger partial charge in [0.2, 0.25) is 47.3 Å². The van der Waals surface area contributed by atoms with Crippen LogP contribution < -0.4 is 27.0 Å². The number of carbonyl (C=O) groups excluding carboxylic acids is 13. The van der Waals surface area contributed by atoms with E-state index in [1.54, 1.807) is 0 Å². The zero-order valence-corrected chi connectivity index (χ0v) is 38.9. The Morgan fingerprint density at radius 3 is 1.11 bits per heavy atom. The Bertz CT molecular complexity index is 2040. The summed E-state index contributed by atoms with van der Waals surface area (Å²) in [6.45, 7) is -8.33. The molecule has 0 aliphatic rings. The van der Waals surface area contributed by atoms with Gasteiger partial charge in [-0.1, -0.05) is 0 Å². The molecule has 0 aromatic rings. The van der Waals surface area contributed by atoms with Gasteiger partial charge in [0.05, 0.1) is 39.3 Å². The Morgan fingerprint density at radius 1 is 0.352 bits per heavy atom. The lowest BCUT2D eigenvalue weighted by Gasteiger charge is -2.21. The maximum Gasteiger partial charge on any atom is 0.323 e. The zero-order chi connectivity index (χ0) is 54.2. The first-order chi connectivity index (χ1) is 33.2. The Balaban J connectivity index is 5.00. The van der Waals surface area contributed by atoms with Gasteiger partial charge in [-0.2, -0.15) is 0 Å². The minimum Gasteiger partial charge on any atom is -0.480 e. The molecule has 30 nitrogen and oxygen atoms in total. The number of aliphatic carboxylic acids is 4. The van der Waals surface area contributed by atoms with Crippen molar-refractivity contribution in [2.75, 3.05) is 85.1 Å². The van der Waals surface area contributed by atoms with Crippen LogP contribution in [-0.2, 0) is 81.5 Å². The molecule has 0 aromatic carbocycles. The van der Waals surface area contributed by atoms with Crippen LogP contribution in [-0.4, -0.2) is 225 Å². The fourth-order valence-corrected chi connectivity index (χ4v) is 5.63. The normalized spacial score (nSPS) is 10.3. The second-order valence-electron chi connectivity index (χ2n) is 15.4. The highest BCUT2D eigenvalue weighted by atomic mass is 16.4. The highest BCUT2D eigenvalue weighted by Gasteiger charge is 2.25. The van der Waals surface area contributed by atoms with E-state index in [1.165, 1.54) is 6.92 Å². The van der Waals surface area contributed by atoms with Crippen LogP contribution in [0.3, 0.4) is 0 Å². The second-order valence-corrected chi connectivity index (χ2v) is 15.4. The van der Waals surface area contributed by atoms with Gasteiger partial charge in [0.25, 0.3) is 0 Å². The molecule has 0 bridgehead atoms. The molecule has 0 unspecified atom stereocenters. The molecule has 0 saturated heterocycles. The molecule has 0 heterocycles. The Morgan fingerprint density at radius 2 is 0.704 bits per heavy atom. The predicted octanol–water partition coefficient (Wildman–Crippen LogP) is -6.17. The number of nitrogens with zero attached hydrogens (tertiary/aromatic N) is 4. The third kappa shape index (κ3) is 31.6. The molecule has 0 fully saturated rings. The second kappa shape index (κ2) is 34.3. The summed E-state index contributed by atoms with van der Waals surface area (Å²) in [5, 5.41) is 45.6. The van der Waals surface area contributed by atoms with Crippen LogP contribution in [0.4, 0.5) is 0 Å². The highest BCUT2D eigenvalue weighted by Crippen LogP contribution is 2.05. The molecule has 394 valence electrons. The first-order valence-corrected chi connectivity index (χ1v) is 21.5. The van der Waals surface area contributed by atoms with Crippen molar-refractivity contribution >= 4 is 100 Å². The number of carboxylic acid groups (broad SMARTS) is 4. The monoisotopic (exact) mass is 1010 g/mol. The number of carbonyl (C=O) groups is 17. The van der Waals surface area contributed by atoms with Crippen molar-refractivity contribution in [2.45, 2.75) is 71.1 Å². The number of Topliss-reactive ketones (excluding diaryl/α,β-unsaturated/α-hetero) is 5. The van der Waals surface area contributed by atoms with E-state index < -0.39 is 198 Å². The van der Waals surface area contributed by atoms with Gasteiger partial charge in [-0.3, -0.25) is 76.7 Å². The first kappa shape index (κ1) is 63.0. The van der Waals surface area contributed by atoms with Crippen LogP contribution in [0.15, 0.2) is 0 Å². The van der Waals surface area contributed by atoms with E-state index in [4.69, 9.17) is 15.9 Å². The highest BCUT2D eigenvalue weighted by molar-refractivity contribution is 5.96. The number of hydrogen-bond acceptors (Lipinski definition) is 18. The van der Waals surface area contributed by atoms with E-state index in [0.29, 0.717) is 19.6 Å². The minimum atomic E-state index is -1.53. The van der Waals surface area contributed by atoms with Crippen molar-refractivity contribution in [1.29, 1.82) is 0 Å². The molecule has 0 spiro atoms. The molecule has 0 saturated carbocycles. The molecule has 10 N–H and O–H groups in total. The van der Waals surface area contributed by atoms with Gasteiger partial charge in [-0.05, 0) is 13.3 Å². The molecule has 0 aliphatic carbocycles. The van der Waals surface area contributed by atoms with Gasteiger partial charge in [0.15, 0.2) is 17.3 Å². The molecule has 0 atom stereocenters. The van der Waals surface area contributed by atoms with E-state index in [9.17, 15) is 91.7 Å². The maximum atomic E-state index is 12.8. The van der Waals surface area contributed by atoms with Crippen LogP contribution in [0.1, 0.15) is 71.1 Å². The largest absolute Gasteiger partial charge is 0.480 e. The van der Waals surface area contributed by atoms with Gasteiger partial charge in [0.1, 0.15) is 50.8 Å². The van der Waals surface area contributed by atoms with E-state index in [2.05, 4.69) is 21.3 Å². The summed E-state index contributed by atoms with van der Waals surface area (Å²) < 4.78 is 0. The summed E-state index contributed by atoms with van der Waals surface area (Å²) in [7, 11) is 0. The van der Waals surface area contributed by atoms with Crippen LogP contribution >= 0.6 is 0 Å². The van der Waals surface area contributed by atoms with Gasteiger partial charge in [0, 0.05) is 64.3 Å². The standard InChI is InChI=1S/C41H59N9O21/c1-25(51)4-8-30(56)45-15-37(63)50(24-41(70)71)20-33(59)44-14-27(53)7-11-35(61)47(21-38(64)65)17-28(54)3-2-12-43-32(58)19-49(23-40(68)69)36(62)16-46-31(57)9-5-29(55)18-48(22-39(66)67)34(60)10-6-26(52)13-42/h2-24,42H2,1H3,(H,43,58)(H,44,59)(H,45,56)(H,46,57)(H,64,65)(H,66,67)(H,68,69)(H,70,71). The third-order valence-corrected chi connectivity index (χ3v) is 9.23. The number of ketones is 5. The Kier molecular flexibility index (Phi) is 30.4. The zero-order valence-electron chi connectivity index (χ0n) is 38.9. The smallest absolute Gasteiger partial charge is 0.323 e. The molecule has 71 heavy (non-hydrogen) atoms. The minimum absolute atomic E-state index is 0.0824. The SMILES string of the molecule is CC(=O)CCC(=O)NCC(=O)N(CC(=O)O)CC(=O)NCC(=O)CCC(=O)N(CC(=O)O)CC(=O)CCCNC(=O)CN(CC(=O)O)C(=O)CNC(=O)CCC(=O)CN(CC(=O)O)C(=O)CCC(=O)CN. The quantitative estimate of drug-likeness (QED) is 0.0259. The van der Waals surface area contributed by atoms with Crippen molar-refractivity contribution in [2.24, 2.45) is 5.73 Å². The average molecular weight is 1010 g/mol. The molecule has 0 aliphatic heterocycles. The van der Waals surface area contributed by atoms with Crippen molar-refractivity contribution in [3.05, 3.63) is 0 Å². The average Bonchev–Trinajstić information content (AvgIpc) is 3.28. The summed E-state index contributed by atoms with van der Waals surface area (Å²) >= 11 is 0.